The van der Waals surface area contributed by atoms with Gasteiger partial charge in [-0.05, 0) is 24.3 Å². The first kappa shape index (κ1) is 19.1. The van der Waals surface area contributed by atoms with E-state index in [4.69, 9.17) is 30.8 Å². The molecule has 8 heteroatoms. The van der Waals surface area contributed by atoms with Crippen molar-refractivity contribution >= 4 is 28.6 Å². The molecule has 0 bridgehead atoms. The number of pyridine rings is 1. The smallest absolute Gasteiger partial charge is 0.337 e. The summed E-state index contributed by atoms with van der Waals surface area (Å²) in [6, 6.07) is 8.89. The summed E-state index contributed by atoms with van der Waals surface area (Å²) in [7, 11) is 4.56. The van der Waals surface area contributed by atoms with E-state index in [-0.39, 0.29) is 5.97 Å². The number of ether oxygens (including phenoxy) is 3. The Hall–Kier alpha value is -2.64. The minimum atomic E-state index is -0.387. The monoisotopic (exact) mass is 389 g/mol. The fraction of sp³-hybridized carbons (Fsp3) is 0.316. The molecule has 0 saturated carbocycles. The molecular formula is C19H20ClN3O4. The summed E-state index contributed by atoms with van der Waals surface area (Å²) >= 11 is 5.95. The van der Waals surface area contributed by atoms with Crippen molar-refractivity contribution in [3.05, 3.63) is 52.4 Å². The van der Waals surface area contributed by atoms with Crippen LogP contribution in [-0.2, 0) is 22.4 Å². The van der Waals surface area contributed by atoms with Gasteiger partial charge in [-0.1, -0.05) is 17.7 Å². The van der Waals surface area contributed by atoms with E-state index in [1.807, 2.05) is 16.7 Å². The molecular weight excluding hydrogens is 370 g/mol. The molecule has 0 aliphatic rings. The zero-order valence-electron chi connectivity index (χ0n) is 15.4. The summed E-state index contributed by atoms with van der Waals surface area (Å²) in [5.74, 6) is 0.885. The number of fused-ring (bicyclic) bond motifs is 1. The van der Waals surface area contributed by atoms with Crippen molar-refractivity contribution in [2.45, 2.75) is 13.0 Å². The maximum absolute atomic E-state index is 11.9. The molecule has 3 aromatic rings. The molecule has 0 aliphatic heterocycles. The number of nitrogens with zero attached hydrogens (tertiary/aromatic N) is 3. The van der Waals surface area contributed by atoms with E-state index in [1.165, 1.54) is 7.11 Å². The van der Waals surface area contributed by atoms with Crippen molar-refractivity contribution in [1.29, 1.82) is 0 Å². The molecule has 7 nitrogen and oxygen atoms in total. The van der Waals surface area contributed by atoms with Crippen LogP contribution in [0, 0.1) is 0 Å². The molecule has 2 aromatic heterocycles. The lowest BCUT2D eigenvalue weighted by Crippen LogP contribution is -2.10. The number of imidazole rings is 1. The Kier molecular flexibility index (Phi) is 5.93. The van der Waals surface area contributed by atoms with Crippen LogP contribution >= 0.6 is 11.6 Å². The van der Waals surface area contributed by atoms with Crippen LogP contribution in [-0.4, -0.2) is 48.4 Å². The van der Waals surface area contributed by atoms with Crippen molar-refractivity contribution in [3.63, 3.8) is 0 Å². The van der Waals surface area contributed by atoms with Crippen molar-refractivity contribution in [3.8, 4) is 5.88 Å². The third kappa shape index (κ3) is 4.04. The summed E-state index contributed by atoms with van der Waals surface area (Å²) in [6.45, 7) is 1.10. The first-order chi connectivity index (χ1) is 13.1. The molecule has 0 atom stereocenters. The number of carbonyl (C=O) groups excluding carboxylic acids is 1. The van der Waals surface area contributed by atoms with E-state index in [0.717, 1.165) is 22.4 Å². The minimum absolute atomic E-state index is 0.367. The second kappa shape index (κ2) is 8.37. The maximum atomic E-state index is 11.9. The van der Waals surface area contributed by atoms with Gasteiger partial charge in [0.05, 0.1) is 37.4 Å². The predicted molar refractivity (Wildman–Crippen MR) is 102 cm³/mol. The highest BCUT2D eigenvalue weighted by Crippen LogP contribution is 2.25. The van der Waals surface area contributed by atoms with Gasteiger partial charge < -0.3 is 18.8 Å². The van der Waals surface area contributed by atoms with E-state index >= 15 is 0 Å². The summed E-state index contributed by atoms with van der Waals surface area (Å²) in [5, 5.41) is 0.367. The third-order valence-electron chi connectivity index (χ3n) is 4.21. The number of halogens is 1. The molecule has 3 rings (SSSR count). The molecule has 142 valence electrons. The Morgan fingerprint density at radius 1 is 1.15 bits per heavy atom. The van der Waals surface area contributed by atoms with Crippen LogP contribution in [0.5, 0.6) is 5.88 Å². The minimum Gasteiger partial charge on any atom is -0.481 e. The fourth-order valence-corrected chi connectivity index (χ4v) is 3.05. The topological polar surface area (TPSA) is 75.5 Å². The van der Waals surface area contributed by atoms with Gasteiger partial charge in [-0.3, -0.25) is 0 Å². The molecule has 1 aromatic carbocycles. The van der Waals surface area contributed by atoms with Crippen LogP contribution in [0.25, 0.3) is 11.0 Å². The van der Waals surface area contributed by atoms with Crippen LogP contribution in [0.2, 0.25) is 5.15 Å². The molecule has 27 heavy (non-hydrogen) atoms. The van der Waals surface area contributed by atoms with Gasteiger partial charge in [0.25, 0.3) is 0 Å². The van der Waals surface area contributed by atoms with E-state index in [2.05, 4.69) is 4.98 Å². The first-order valence-corrected chi connectivity index (χ1v) is 8.71. The highest BCUT2D eigenvalue weighted by atomic mass is 35.5. The number of hydrogen-bond acceptors (Lipinski definition) is 6. The SMILES string of the molecule is COCCn1c(Cc2ccc(Cl)nc2OC)nc2ccc(C(=O)OC)cc21. The van der Waals surface area contributed by atoms with Gasteiger partial charge in [-0.25, -0.2) is 14.8 Å². The average Bonchev–Trinajstić information content (AvgIpc) is 3.03. The van der Waals surface area contributed by atoms with Crippen LogP contribution in [0.15, 0.2) is 30.3 Å². The zero-order chi connectivity index (χ0) is 19.4. The molecule has 0 radical (unpaired) electrons. The molecule has 0 spiro atoms. The molecule has 0 amide bonds. The van der Waals surface area contributed by atoms with Crippen LogP contribution in [0.4, 0.5) is 0 Å². The molecule has 0 aliphatic carbocycles. The number of aromatic nitrogens is 3. The molecule has 0 N–H and O–H groups in total. The lowest BCUT2D eigenvalue weighted by Gasteiger charge is -2.11. The number of hydrogen-bond donors (Lipinski definition) is 0. The summed E-state index contributed by atoms with van der Waals surface area (Å²) in [5.41, 5.74) is 2.96. The summed E-state index contributed by atoms with van der Waals surface area (Å²) < 4.78 is 17.4. The Bertz CT molecular complexity index is 971. The van der Waals surface area contributed by atoms with Gasteiger partial charge in [0, 0.05) is 25.6 Å². The highest BCUT2D eigenvalue weighted by Gasteiger charge is 2.16. The Labute approximate surface area is 161 Å². The number of benzene rings is 1. The van der Waals surface area contributed by atoms with Gasteiger partial charge in [-0.15, -0.1) is 0 Å². The van der Waals surface area contributed by atoms with E-state index in [0.29, 0.717) is 36.2 Å². The second-order valence-corrected chi connectivity index (χ2v) is 6.23. The van der Waals surface area contributed by atoms with E-state index < -0.39 is 0 Å². The van der Waals surface area contributed by atoms with Gasteiger partial charge in [0.2, 0.25) is 5.88 Å². The van der Waals surface area contributed by atoms with Gasteiger partial charge in [0.1, 0.15) is 11.0 Å². The van der Waals surface area contributed by atoms with E-state index in [1.54, 1.807) is 32.4 Å². The average molecular weight is 390 g/mol. The number of carbonyl (C=O) groups is 1. The quantitative estimate of drug-likeness (QED) is 0.456. The normalized spacial score (nSPS) is 11.0. The van der Waals surface area contributed by atoms with Gasteiger partial charge in [0.15, 0.2) is 0 Å². The van der Waals surface area contributed by atoms with Crippen molar-refractivity contribution < 1.29 is 19.0 Å². The largest absolute Gasteiger partial charge is 0.481 e. The van der Waals surface area contributed by atoms with Gasteiger partial charge in [-0.2, -0.15) is 0 Å². The lowest BCUT2D eigenvalue weighted by atomic mass is 10.2. The number of rotatable bonds is 7. The fourth-order valence-electron chi connectivity index (χ4n) is 2.91. The van der Waals surface area contributed by atoms with Crippen molar-refractivity contribution in [1.82, 2.24) is 14.5 Å². The first-order valence-electron chi connectivity index (χ1n) is 8.33. The predicted octanol–water partition coefficient (Wildman–Crippen LogP) is 3.12. The Morgan fingerprint density at radius 2 is 1.96 bits per heavy atom. The Morgan fingerprint density at radius 3 is 2.67 bits per heavy atom. The van der Waals surface area contributed by atoms with Crippen LogP contribution < -0.4 is 4.74 Å². The summed E-state index contributed by atoms with van der Waals surface area (Å²) in [6.07, 6.45) is 0.499. The summed E-state index contributed by atoms with van der Waals surface area (Å²) in [4.78, 5) is 20.8. The Balaban J connectivity index is 2.07. The molecule has 0 unspecified atom stereocenters. The van der Waals surface area contributed by atoms with Crippen molar-refractivity contribution in [2.75, 3.05) is 27.9 Å². The number of esters is 1. The lowest BCUT2D eigenvalue weighted by molar-refractivity contribution is 0.0601. The standard InChI is InChI=1S/C19H20ClN3O4/c1-25-9-8-23-15-10-13(19(24)27-3)4-6-14(15)21-17(23)11-12-5-7-16(20)22-18(12)26-2/h4-7,10H,8-9,11H2,1-3H3. The van der Waals surface area contributed by atoms with Crippen LogP contribution in [0.1, 0.15) is 21.7 Å². The van der Waals surface area contributed by atoms with Gasteiger partial charge >= 0.3 is 5.97 Å². The molecule has 0 saturated heterocycles. The van der Waals surface area contributed by atoms with Crippen molar-refractivity contribution in [2.24, 2.45) is 0 Å². The third-order valence-corrected chi connectivity index (χ3v) is 4.42. The van der Waals surface area contributed by atoms with Crippen LogP contribution in [0.3, 0.4) is 0 Å². The molecule has 2 heterocycles. The zero-order valence-corrected chi connectivity index (χ0v) is 16.1. The van der Waals surface area contributed by atoms with E-state index in [9.17, 15) is 4.79 Å². The number of methoxy groups -OCH3 is 3. The molecule has 0 fully saturated rings. The maximum Gasteiger partial charge on any atom is 0.337 e. The second-order valence-electron chi connectivity index (χ2n) is 5.85. The highest BCUT2D eigenvalue weighted by molar-refractivity contribution is 6.29.